The molecule has 0 atom stereocenters. The molecule has 1 aliphatic heterocycles. The quantitative estimate of drug-likeness (QED) is 0.892. The van der Waals surface area contributed by atoms with Gasteiger partial charge >= 0.3 is 0 Å². The third-order valence-corrected chi connectivity index (χ3v) is 3.66. The number of para-hydroxylation sites is 1. The summed E-state index contributed by atoms with van der Waals surface area (Å²) in [6, 6.07) is 11.5. The van der Waals surface area contributed by atoms with Gasteiger partial charge in [0.2, 0.25) is 0 Å². The first-order valence-corrected chi connectivity index (χ1v) is 7.52. The molecule has 22 heavy (non-hydrogen) atoms. The number of benzene rings is 1. The molecular formula is C16H20N4O2. The monoisotopic (exact) mass is 300 g/mol. The van der Waals surface area contributed by atoms with Crippen LogP contribution in [-0.2, 0) is 4.74 Å². The van der Waals surface area contributed by atoms with Gasteiger partial charge in [-0.2, -0.15) is 5.10 Å². The highest BCUT2D eigenvalue weighted by atomic mass is 16.5. The van der Waals surface area contributed by atoms with Crippen molar-refractivity contribution in [1.82, 2.24) is 20.0 Å². The maximum atomic E-state index is 12.1. The van der Waals surface area contributed by atoms with Gasteiger partial charge < -0.3 is 10.1 Å². The number of nitrogens with one attached hydrogen (secondary N) is 1. The molecule has 3 rings (SSSR count). The first-order valence-electron chi connectivity index (χ1n) is 7.52. The Bertz CT molecular complexity index is 606. The molecule has 0 spiro atoms. The van der Waals surface area contributed by atoms with Gasteiger partial charge in [-0.25, -0.2) is 4.68 Å². The highest BCUT2D eigenvalue weighted by molar-refractivity contribution is 5.92. The van der Waals surface area contributed by atoms with Crippen LogP contribution in [0.4, 0.5) is 0 Å². The lowest BCUT2D eigenvalue weighted by atomic mass is 10.3. The second kappa shape index (κ2) is 7.20. The number of ether oxygens (including phenoxy) is 1. The lowest BCUT2D eigenvalue weighted by Gasteiger charge is -2.26. The predicted molar refractivity (Wildman–Crippen MR) is 83.2 cm³/mol. The second-order valence-corrected chi connectivity index (χ2v) is 5.19. The minimum atomic E-state index is -0.136. The Morgan fingerprint density at radius 1 is 1.18 bits per heavy atom. The number of amides is 1. The Labute approximate surface area is 129 Å². The van der Waals surface area contributed by atoms with Gasteiger partial charge in [-0.3, -0.25) is 9.69 Å². The van der Waals surface area contributed by atoms with E-state index < -0.39 is 0 Å². The van der Waals surface area contributed by atoms with Crippen molar-refractivity contribution in [2.75, 3.05) is 39.4 Å². The standard InChI is InChI=1S/C16H20N4O2/c21-16(17-7-9-19-10-12-22-13-11-19)15-6-8-20(18-15)14-4-2-1-3-5-14/h1-6,8H,7,9-13H2,(H,17,21). The third kappa shape index (κ3) is 3.72. The van der Waals surface area contributed by atoms with Crippen molar-refractivity contribution in [2.45, 2.75) is 0 Å². The zero-order valence-electron chi connectivity index (χ0n) is 12.4. The largest absolute Gasteiger partial charge is 0.379 e. The molecule has 1 aromatic heterocycles. The van der Waals surface area contributed by atoms with Crippen LogP contribution in [0.3, 0.4) is 0 Å². The van der Waals surface area contributed by atoms with Crippen LogP contribution in [0, 0.1) is 0 Å². The van der Waals surface area contributed by atoms with Crippen LogP contribution in [0.25, 0.3) is 5.69 Å². The number of hydrogen-bond acceptors (Lipinski definition) is 4. The zero-order valence-corrected chi connectivity index (χ0v) is 12.4. The fraction of sp³-hybridized carbons (Fsp3) is 0.375. The van der Waals surface area contributed by atoms with Crippen LogP contribution in [0.15, 0.2) is 42.6 Å². The Morgan fingerprint density at radius 3 is 2.73 bits per heavy atom. The molecule has 0 unspecified atom stereocenters. The van der Waals surface area contributed by atoms with Crippen molar-refractivity contribution in [3.8, 4) is 5.69 Å². The smallest absolute Gasteiger partial charge is 0.271 e. The Hall–Kier alpha value is -2.18. The first kappa shape index (κ1) is 14.7. The Morgan fingerprint density at radius 2 is 1.95 bits per heavy atom. The van der Waals surface area contributed by atoms with Crippen LogP contribution < -0.4 is 5.32 Å². The molecular weight excluding hydrogens is 280 g/mol. The van der Waals surface area contributed by atoms with E-state index in [0.717, 1.165) is 38.5 Å². The van der Waals surface area contributed by atoms with E-state index in [2.05, 4.69) is 15.3 Å². The number of rotatable bonds is 5. The summed E-state index contributed by atoms with van der Waals surface area (Å²) in [5.41, 5.74) is 1.38. The lowest BCUT2D eigenvalue weighted by molar-refractivity contribution is 0.0383. The Balaban J connectivity index is 1.51. The van der Waals surface area contributed by atoms with Gasteiger partial charge in [0.15, 0.2) is 5.69 Å². The molecule has 0 saturated carbocycles. The van der Waals surface area contributed by atoms with Crippen molar-refractivity contribution in [3.05, 3.63) is 48.3 Å². The molecule has 2 aromatic rings. The molecule has 6 nitrogen and oxygen atoms in total. The molecule has 2 heterocycles. The number of carbonyl (C=O) groups excluding carboxylic acids is 1. The molecule has 0 radical (unpaired) electrons. The molecule has 1 N–H and O–H groups in total. The second-order valence-electron chi connectivity index (χ2n) is 5.19. The van der Waals surface area contributed by atoms with Gasteiger partial charge in [-0.1, -0.05) is 18.2 Å². The first-order chi connectivity index (χ1) is 10.8. The normalized spacial score (nSPS) is 15.6. The van der Waals surface area contributed by atoms with Gasteiger partial charge in [0.05, 0.1) is 18.9 Å². The number of hydrogen-bond donors (Lipinski definition) is 1. The topological polar surface area (TPSA) is 59.4 Å². The van der Waals surface area contributed by atoms with E-state index in [0.29, 0.717) is 12.2 Å². The molecule has 116 valence electrons. The number of carbonyl (C=O) groups is 1. The minimum Gasteiger partial charge on any atom is -0.379 e. The minimum absolute atomic E-state index is 0.136. The SMILES string of the molecule is O=C(NCCN1CCOCC1)c1ccn(-c2ccccc2)n1. The van der Waals surface area contributed by atoms with Crippen molar-refractivity contribution in [1.29, 1.82) is 0 Å². The summed E-state index contributed by atoms with van der Waals surface area (Å²) in [5.74, 6) is -0.136. The summed E-state index contributed by atoms with van der Waals surface area (Å²) in [4.78, 5) is 14.4. The van der Waals surface area contributed by atoms with Crippen LogP contribution in [0.2, 0.25) is 0 Å². The van der Waals surface area contributed by atoms with E-state index in [1.165, 1.54) is 0 Å². The van der Waals surface area contributed by atoms with Crippen LogP contribution in [0.1, 0.15) is 10.5 Å². The molecule has 1 fully saturated rings. The van der Waals surface area contributed by atoms with Crippen molar-refractivity contribution in [3.63, 3.8) is 0 Å². The van der Waals surface area contributed by atoms with E-state index >= 15 is 0 Å². The molecule has 1 saturated heterocycles. The van der Waals surface area contributed by atoms with Crippen molar-refractivity contribution >= 4 is 5.91 Å². The fourth-order valence-electron chi connectivity index (χ4n) is 2.41. The van der Waals surface area contributed by atoms with E-state index in [4.69, 9.17) is 4.74 Å². The maximum Gasteiger partial charge on any atom is 0.271 e. The summed E-state index contributed by atoms with van der Waals surface area (Å²) in [5, 5.41) is 7.23. The zero-order chi connectivity index (χ0) is 15.2. The summed E-state index contributed by atoms with van der Waals surface area (Å²) < 4.78 is 7.00. The highest BCUT2D eigenvalue weighted by Gasteiger charge is 2.12. The number of aromatic nitrogens is 2. The maximum absolute atomic E-state index is 12.1. The van der Waals surface area contributed by atoms with Gasteiger partial charge in [0, 0.05) is 32.4 Å². The molecule has 0 bridgehead atoms. The van der Waals surface area contributed by atoms with Crippen LogP contribution in [-0.4, -0.2) is 60.0 Å². The van der Waals surface area contributed by atoms with Crippen molar-refractivity contribution < 1.29 is 9.53 Å². The van der Waals surface area contributed by atoms with Crippen LogP contribution in [0.5, 0.6) is 0 Å². The lowest BCUT2D eigenvalue weighted by Crippen LogP contribution is -2.41. The summed E-state index contributed by atoms with van der Waals surface area (Å²) in [6.07, 6.45) is 1.80. The molecule has 1 aliphatic rings. The number of morpholine rings is 1. The van der Waals surface area contributed by atoms with Gasteiger partial charge in [-0.15, -0.1) is 0 Å². The molecule has 1 aromatic carbocycles. The molecule has 1 amide bonds. The third-order valence-electron chi connectivity index (χ3n) is 3.66. The van der Waals surface area contributed by atoms with Gasteiger partial charge in [0.25, 0.3) is 5.91 Å². The van der Waals surface area contributed by atoms with E-state index in [1.807, 2.05) is 30.3 Å². The fourth-order valence-corrected chi connectivity index (χ4v) is 2.41. The summed E-state index contributed by atoms with van der Waals surface area (Å²) in [7, 11) is 0. The van der Waals surface area contributed by atoms with E-state index in [1.54, 1.807) is 16.9 Å². The predicted octanol–water partition coefficient (Wildman–Crippen LogP) is 0.934. The van der Waals surface area contributed by atoms with E-state index in [-0.39, 0.29) is 5.91 Å². The molecule has 6 heteroatoms. The number of nitrogens with zero attached hydrogens (tertiary/aromatic N) is 3. The Kier molecular flexibility index (Phi) is 4.82. The van der Waals surface area contributed by atoms with E-state index in [9.17, 15) is 4.79 Å². The highest BCUT2D eigenvalue weighted by Crippen LogP contribution is 2.06. The summed E-state index contributed by atoms with van der Waals surface area (Å²) >= 11 is 0. The average molecular weight is 300 g/mol. The van der Waals surface area contributed by atoms with Gasteiger partial charge in [-0.05, 0) is 18.2 Å². The molecule has 0 aliphatic carbocycles. The van der Waals surface area contributed by atoms with Crippen LogP contribution >= 0.6 is 0 Å². The van der Waals surface area contributed by atoms with Crippen molar-refractivity contribution in [2.24, 2.45) is 0 Å². The summed E-state index contributed by atoms with van der Waals surface area (Å²) in [6.45, 7) is 4.87. The van der Waals surface area contributed by atoms with Gasteiger partial charge in [0.1, 0.15) is 0 Å². The average Bonchev–Trinajstić information content (AvgIpc) is 3.07.